The second-order valence-electron chi connectivity index (χ2n) is 8.27. The van der Waals surface area contributed by atoms with E-state index in [0.717, 1.165) is 37.1 Å². The van der Waals surface area contributed by atoms with Crippen LogP contribution in [0, 0.1) is 0 Å². The summed E-state index contributed by atoms with van der Waals surface area (Å²) in [6.07, 6.45) is 7.85. The Kier molecular flexibility index (Phi) is 8.89. The molecule has 2 heterocycles. The van der Waals surface area contributed by atoms with E-state index in [2.05, 4.69) is 28.8 Å². The molecule has 0 amide bonds. The van der Waals surface area contributed by atoms with E-state index >= 15 is 0 Å². The van der Waals surface area contributed by atoms with E-state index in [0.29, 0.717) is 30.1 Å². The molecule has 8 heteroatoms. The molecule has 29 heavy (non-hydrogen) atoms. The zero-order valence-corrected chi connectivity index (χ0v) is 19.3. The molecule has 1 aromatic rings. The van der Waals surface area contributed by atoms with E-state index in [-0.39, 0.29) is 0 Å². The van der Waals surface area contributed by atoms with Crippen LogP contribution in [-0.2, 0) is 9.47 Å². The molecule has 1 aliphatic rings. The van der Waals surface area contributed by atoms with Gasteiger partial charge in [-0.05, 0) is 12.8 Å². The second kappa shape index (κ2) is 10.9. The normalized spacial score (nSPS) is 19.6. The van der Waals surface area contributed by atoms with Gasteiger partial charge in [0.05, 0.1) is 38.5 Å². The highest BCUT2D eigenvalue weighted by molar-refractivity contribution is 6.99. The number of hydrogen-bond acceptors (Lipinski definition) is 7. The molecule has 1 aliphatic heterocycles. The number of aromatic nitrogens is 2. The van der Waals surface area contributed by atoms with Gasteiger partial charge in [0.15, 0.2) is 0 Å². The van der Waals surface area contributed by atoms with Crippen molar-refractivity contribution in [3.05, 3.63) is 11.8 Å². The first kappa shape index (κ1) is 23.6. The molecule has 0 N–H and O–H groups in total. The Bertz CT molecular complexity index is 689. The molecule has 0 saturated heterocycles. The molecule has 0 saturated carbocycles. The van der Waals surface area contributed by atoms with Crippen LogP contribution in [0.5, 0.6) is 5.88 Å². The summed E-state index contributed by atoms with van der Waals surface area (Å²) in [4.78, 5) is 12.1. The highest BCUT2D eigenvalue weighted by Gasteiger charge is 2.46. The first-order valence-corrected chi connectivity index (χ1v) is 11.4. The van der Waals surface area contributed by atoms with Crippen molar-refractivity contribution in [1.82, 2.24) is 8.75 Å². The molecular weight excluding hydrogens is 390 g/mol. The molecular formula is C21H36N3O4S+. The highest BCUT2D eigenvalue weighted by Crippen LogP contribution is 2.35. The topological polar surface area (TPSA) is 70.5 Å². The fourth-order valence-electron chi connectivity index (χ4n) is 3.37. The van der Waals surface area contributed by atoms with Crippen LogP contribution in [0.3, 0.4) is 0 Å². The zero-order valence-electron chi connectivity index (χ0n) is 18.5. The van der Waals surface area contributed by atoms with E-state index in [1.165, 1.54) is 31.0 Å². The lowest BCUT2D eigenvalue weighted by Crippen LogP contribution is -2.62. The zero-order chi connectivity index (χ0) is 21.3. The molecule has 0 fully saturated rings. The number of likely N-dealkylation sites (N-methyl/N-ethyl adjacent to an activating group) is 1. The van der Waals surface area contributed by atoms with Crippen LogP contribution in [0.2, 0.25) is 0 Å². The van der Waals surface area contributed by atoms with Crippen LogP contribution in [0.25, 0.3) is 5.57 Å². The van der Waals surface area contributed by atoms with E-state index in [9.17, 15) is 4.79 Å². The number of ether oxygens (including phenoxy) is 3. The van der Waals surface area contributed by atoms with Gasteiger partial charge in [0, 0.05) is 25.8 Å². The van der Waals surface area contributed by atoms with E-state index in [4.69, 9.17) is 14.2 Å². The lowest BCUT2D eigenvalue weighted by molar-refractivity contribution is -0.971. The van der Waals surface area contributed by atoms with Crippen molar-refractivity contribution in [3.8, 4) is 5.88 Å². The minimum atomic E-state index is -0.727. The molecule has 0 spiro atoms. The standard InChI is InChI=1S/C21H36N3O4S/c1-6-8-9-10-15-26-19-18(22-29-23-19)17-12-11-13-24(5,16-17)21(3,4)28-20(25)27-14-7-2/h12H,6-11,13-16H2,1-5H3/q+1. The van der Waals surface area contributed by atoms with Gasteiger partial charge in [-0.15, -0.1) is 4.37 Å². The molecule has 1 aromatic heterocycles. The number of nitrogens with zero attached hydrogens (tertiary/aromatic N) is 3. The number of unbranched alkanes of at least 4 members (excludes halogenated alkanes) is 3. The average molecular weight is 427 g/mol. The predicted molar refractivity (Wildman–Crippen MR) is 115 cm³/mol. The number of carbonyl (C=O) groups excluding carboxylic acids is 1. The van der Waals surface area contributed by atoms with Gasteiger partial charge < -0.3 is 14.2 Å². The summed E-state index contributed by atoms with van der Waals surface area (Å²) >= 11 is 1.18. The van der Waals surface area contributed by atoms with Crippen LogP contribution in [-0.4, -0.2) is 58.5 Å². The van der Waals surface area contributed by atoms with Gasteiger partial charge in [0.1, 0.15) is 12.2 Å². The predicted octanol–water partition coefficient (Wildman–Crippen LogP) is 5.03. The van der Waals surface area contributed by atoms with Crippen molar-refractivity contribution in [1.29, 1.82) is 0 Å². The fraction of sp³-hybridized carbons (Fsp3) is 0.762. The molecule has 164 valence electrons. The molecule has 2 rings (SSSR count). The smallest absolute Gasteiger partial charge is 0.475 e. The number of carbonyl (C=O) groups is 1. The minimum absolute atomic E-state index is 0.368. The van der Waals surface area contributed by atoms with Crippen LogP contribution in [0.15, 0.2) is 6.08 Å². The molecule has 0 aromatic carbocycles. The number of quaternary nitrogens is 1. The van der Waals surface area contributed by atoms with Gasteiger partial charge in [-0.1, -0.05) is 39.2 Å². The Labute approximate surface area is 179 Å². The first-order valence-electron chi connectivity index (χ1n) is 10.7. The molecule has 7 nitrogen and oxygen atoms in total. The molecule has 0 aliphatic carbocycles. The summed E-state index contributed by atoms with van der Waals surface area (Å²) in [6, 6.07) is 0. The Morgan fingerprint density at radius 3 is 2.69 bits per heavy atom. The van der Waals surface area contributed by atoms with E-state index < -0.39 is 11.9 Å². The Morgan fingerprint density at radius 2 is 1.97 bits per heavy atom. The maximum absolute atomic E-state index is 12.1. The molecule has 0 bridgehead atoms. The highest BCUT2D eigenvalue weighted by atomic mass is 32.1. The van der Waals surface area contributed by atoms with E-state index in [1.807, 2.05) is 20.8 Å². The third-order valence-electron chi connectivity index (χ3n) is 5.59. The summed E-state index contributed by atoms with van der Waals surface area (Å²) < 4.78 is 26.2. The summed E-state index contributed by atoms with van der Waals surface area (Å²) in [5.74, 6) is 0.618. The van der Waals surface area contributed by atoms with Crippen LogP contribution < -0.4 is 4.74 Å². The molecule has 1 atom stereocenters. The third-order valence-corrected chi connectivity index (χ3v) is 6.10. The summed E-state index contributed by atoms with van der Waals surface area (Å²) in [6.45, 7) is 10.6. The van der Waals surface area contributed by atoms with Crippen LogP contribution in [0.1, 0.15) is 71.9 Å². The lowest BCUT2D eigenvalue weighted by Gasteiger charge is -2.47. The Balaban J connectivity index is 2.03. The van der Waals surface area contributed by atoms with Gasteiger partial charge in [0.25, 0.3) is 5.88 Å². The largest absolute Gasteiger partial charge is 0.512 e. The SMILES string of the molecule is CCCCCCOc1nsnc1C1=CCC[N+](C)(C(C)(C)OC(=O)OCCC)C1. The van der Waals surface area contributed by atoms with Crippen molar-refractivity contribution in [2.24, 2.45) is 0 Å². The Hall–Kier alpha value is -1.67. The van der Waals surface area contributed by atoms with Gasteiger partial charge in [-0.3, -0.25) is 4.48 Å². The van der Waals surface area contributed by atoms with Crippen molar-refractivity contribution < 1.29 is 23.5 Å². The van der Waals surface area contributed by atoms with E-state index in [1.54, 1.807) is 0 Å². The van der Waals surface area contributed by atoms with Gasteiger partial charge >= 0.3 is 6.16 Å². The maximum Gasteiger partial charge on any atom is 0.512 e. The second-order valence-corrected chi connectivity index (χ2v) is 8.80. The van der Waals surface area contributed by atoms with Crippen LogP contribution in [0.4, 0.5) is 4.79 Å². The van der Waals surface area contributed by atoms with Crippen molar-refractivity contribution >= 4 is 23.5 Å². The average Bonchev–Trinajstić information content (AvgIpc) is 3.14. The summed E-state index contributed by atoms with van der Waals surface area (Å²) in [5, 5.41) is 0. The van der Waals surface area contributed by atoms with Gasteiger partial charge in [-0.25, -0.2) is 4.79 Å². The maximum atomic E-state index is 12.1. The third kappa shape index (κ3) is 6.40. The number of hydrogen-bond donors (Lipinski definition) is 0. The monoisotopic (exact) mass is 426 g/mol. The quantitative estimate of drug-likeness (QED) is 0.281. The number of rotatable bonds is 11. The first-order chi connectivity index (χ1) is 13.8. The minimum Gasteiger partial charge on any atom is -0.475 e. The Morgan fingerprint density at radius 1 is 1.17 bits per heavy atom. The molecule has 1 unspecified atom stereocenters. The van der Waals surface area contributed by atoms with Crippen molar-refractivity contribution in [2.45, 2.75) is 71.9 Å². The van der Waals surface area contributed by atoms with Gasteiger partial charge in [-0.2, -0.15) is 4.37 Å². The summed E-state index contributed by atoms with van der Waals surface area (Å²) in [7, 11) is 2.10. The lowest BCUT2D eigenvalue weighted by atomic mass is 10.0. The van der Waals surface area contributed by atoms with Crippen LogP contribution >= 0.6 is 11.7 Å². The molecule has 0 radical (unpaired) electrons. The fourth-order valence-corrected chi connectivity index (χ4v) is 3.90. The summed E-state index contributed by atoms with van der Waals surface area (Å²) in [5.41, 5.74) is 1.18. The van der Waals surface area contributed by atoms with Gasteiger partial charge in [0.2, 0.25) is 5.72 Å². The van der Waals surface area contributed by atoms with Crippen molar-refractivity contribution in [3.63, 3.8) is 0 Å². The van der Waals surface area contributed by atoms with Crippen molar-refractivity contribution in [2.75, 3.05) is 33.4 Å².